The first-order valence-electron chi connectivity index (χ1n) is 8.67. The van der Waals surface area contributed by atoms with Crippen LogP contribution in [-0.2, 0) is 13.6 Å². The third-order valence-corrected chi connectivity index (χ3v) is 5.66. The SMILES string of the molecule is CC/C(C)=N/O[Si](O/N=C(\C)CC)(O/N=C(\C)CC)c1ccccc1. The van der Waals surface area contributed by atoms with Gasteiger partial charge in [0.15, 0.2) is 0 Å². The first-order valence-corrected chi connectivity index (χ1v) is 10.4. The van der Waals surface area contributed by atoms with Gasteiger partial charge < -0.3 is 13.6 Å². The van der Waals surface area contributed by atoms with Crippen molar-refractivity contribution in [2.75, 3.05) is 0 Å². The van der Waals surface area contributed by atoms with Crippen LogP contribution >= 0.6 is 0 Å². The Labute approximate surface area is 151 Å². The van der Waals surface area contributed by atoms with Crippen molar-refractivity contribution in [3.8, 4) is 0 Å². The van der Waals surface area contributed by atoms with Crippen molar-refractivity contribution >= 4 is 31.1 Å². The van der Waals surface area contributed by atoms with Crippen LogP contribution in [0.5, 0.6) is 0 Å². The molecular weight excluding hydrogens is 334 g/mol. The summed E-state index contributed by atoms with van der Waals surface area (Å²) in [5, 5.41) is 13.3. The quantitative estimate of drug-likeness (QED) is 0.355. The zero-order valence-corrected chi connectivity index (χ0v) is 17.1. The van der Waals surface area contributed by atoms with Crippen LogP contribution in [0.2, 0.25) is 0 Å². The summed E-state index contributed by atoms with van der Waals surface area (Å²) in [5.41, 5.74) is 2.52. The van der Waals surface area contributed by atoms with Crippen LogP contribution in [0.3, 0.4) is 0 Å². The Kier molecular flexibility index (Phi) is 8.91. The summed E-state index contributed by atoms with van der Waals surface area (Å²) in [5.74, 6) is 0. The first-order chi connectivity index (χ1) is 12.0. The first kappa shape index (κ1) is 20.9. The summed E-state index contributed by atoms with van der Waals surface area (Å²) >= 11 is 0. The normalized spacial score (nSPS) is 13.6. The van der Waals surface area contributed by atoms with Crippen molar-refractivity contribution in [3.63, 3.8) is 0 Å². The lowest BCUT2D eigenvalue weighted by molar-refractivity contribution is 0.0800. The molecule has 7 heteroatoms. The van der Waals surface area contributed by atoms with Crippen molar-refractivity contribution in [2.24, 2.45) is 15.5 Å². The van der Waals surface area contributed by atoms with E-state index in [1.165, 1.54) is 0 Å². The van der Waals surface area contributed by atoms with Crippen LogP contribution in [-0.4, -0.2) is 25.9 Å². The molecule has 0 unspecified atom stereocenters. The number of hydrogen-bond acceptors (Lipinski definition) is 6. The Morgan fingerprint density at radius 1 is 0.720 bits per heavy atom. The fourth-order valence-electron chi connectivity index (χ4n) is 1.46. The molecule has 0 atom stereocenters. The highest BCUT2D eigenvalue weighted by molar-refractivity contribution is 6.75. The lowest BCUT2D eigenvalue weighted by atomic mass is 10.3. The smallest absolute Gasteiger partial charge is 0.370 e. The molecule has 1 rings (SSSR count). The number of hydrogen-bond donors (Lipinski definition) is 0. The zero-order chi connectivity index (χ0) is 18.7. The van der Waals surface area contributed by atoms with Crippen LogP contribution in [0.4, 0.5) is 0 Å². The molecule has 1 aromatic rings. The summed E-state index contributed by atoms with van der Waals surface area (Å²) in [6.07, 6.45) is 2.31. The van der Waals surface area contributed by atoms with Gasteiger partial charge in [-0.1, -0.05) is 51.1 Å². The maximum Gasteiger partial charge on any atom is 0.800 e. The predicted molar refractivity (Wildman–Crippen MR) is 105 cm³/mol. The summed E-state index contributed by atoms with van der Waals surface area (Å²) in [7, 11) is -3.47. The molecule has 0 saturated carbocycles. The molecule has 0 heterocycles. The van der Waals surface area contributed by atoms with Gasteiger partial charge in [0.25, 0.3) is 0 Å². The summed E-state index contributed by atoms with van der Waals surface area (Å²) in [4.78, 5) is 0. The van der Waals surface area contributed by atoms with Gasteiger partial charge in [-0.15, -0.1) is 15.5 Å². The fraction of sp³-hybridized carbons (Fsp3) is 0.500. The van der Waals surface area contributed by atoms with E-state index in [9.17, 15) is 0 Å². The van der Waals surface area contributed by atoms with Crippen LogP contribution in [0.1, 0.15) is 60.8 Å². The molecule has 0 N–H and O–H groups in total. The van der Waals surface area contributed by atoms with E-state index in [4.69, 9.17) is 13.6 Å². The average molecular weight is 364 g/mol. The van der Waals surface area contributed by atoms with E-state index in [-0.39, 0.29) is 0 Å². The van der Waals surface area contributed by atoms with Crippen molar-refractivity contribution < 1.29 is 13.6 Å². The van der Waals surface area contributed by atoms with Gasteiger partial charge in [0.05, 0.1) is 22.3 Å². The molecule has 0 aliphatic heterocycles. The molecule has 0 aromatic heterocycles. The minimum atomic E-state index is -3.47. The Bertz CT molecular complexity index is 560. The summed E-state index contributed by atoms with van der Waals surface area (Å²) in [6.45, 7) is 11.7. The molecule has 138 valence electrons. The molecule has 0 aliphatic rings. The highest BCUT2D eigenvalue weighted by Crippen LogP contribution is 2.14. The van der Waals surface area contributed by atoms with Crippen molar-refractivity contribution in [2.45, 2.75) is 60.8 Å². The summed E-state index contributed by atoms with van der Waals surface area (Å²) in [6, 6.07) is 9.49. The van der Waals surface area contributed by atoms with Gasteiger partial charge in [0.2, 0.25) is 0 Å². The van der Waals surface area contributed by atoms with Crippen LogP contribution in [0.15, 0.2) is 45.8 Å². The second kappa shape index (κ2) is 10.7. The number of rotatable bonds is 10. The van der Waals surface area contributed by atoms with E-state index in [0.29, 0.717) is 0 Å². The molecule has 1 aromatic carbocycles. The molecule has 0 saturated heterocycles. The monoisotopic (exact) mass is 363 g/mol. The third-order valence-electron chi connectivity index (χ3n) is 3.63. The Balaban J connectivity index is 3.34. The second-order valence-corrected chi connectivity index (χ2v) is 7.97. The lowest BCUT2D eigenvalue weighted by Crippen LogP contribution is -2.54. The maximum absolute atomic E-state index is 5.83. The molecule has 0 bridgehead atoms. The largest absolute Gasteiger partial charge is 0.800 e. The molecule has 0 spiro atoms. The highest BCUT2D eigenvalue weighted by Gasteiger charge is 2.55. The van der Waals surface area contributed by atoms with E-state index in [1.807, 2.05) is 71.9 Å². The van der Waals surface area contributed by atoms with Crippen molar-refractivity contribution in [1.29, 1.82) is 0 Å². The van der Waals surface area contributed by atoms with Gasteiger partial charge in [0, 0.05) is 0 Å². The maximum atomic E-state index is 5.83. The predicted octanol–water partition coefficient (Wildman–Crippen LogP) is 4.24. The highest BCUT2D eigenvalue weighted by atomic mass is 28.4. The van der Waals surface area contributed by atoms with E-state index in [2.05, 4.69) is 15.5 Å². The van der Waals surface area contributed by atoms with Crippen LogP contribution in [0.25, 0.3) is 0 Å². The van der Waals surface area contributed by atoms with Gasteiger partial charge in [-0.2, -0.15) is 0 Å². The van der Waals surface area contributed by atoms with Gasteiger partial charge in [0.1, 0.15) is 0 Å². The minimum absolute atomic E-state index is 0.753. The van der Waals surface area contributed by atoms with E-state index < -0.39 is 8.80 Å². The average Bonchev–Trinajstić information content (AvgIpc) is 2.67. The zero-order valence-electron chi connectivity index (χ0n) is 16.1. The molecule has 0 fully saturated rings. The van der Waals surface area contributed by atoms with E-state index in [0.717, 1.165) is 41.6 Å². The van der Waals surface area contributed by atoms with Crippen molar-refractivity contribution in [1.82, 2.24) is 0 Å². The molecule has 0 radical (unpaired) electrons. The van der Waals surface area contributed by atoms with Crippen LogP contribution in [0, 0.1) is 0 Å². The second-order valence-electron chi connectivity index (χ2n) is 5.74. The third kappa shape index (κ3) is 6.70. The van der Waals surface area contributed by atoms with Gasteiger partial charge >= 0.3 is 8.80 Å². The molecule has 0 amide bonds. The van der Waals surface area contributed by atoms with E-state index >= 15 is 0 Å². The van der Waals surface area contributed by atoms with Gasteiger partial charge in [-0.25, -0.2) is 0 Å². The molecular formula is C18H29N3O3Si. The van der Waals surface area contributed by atoms with Gasteiger partial charge in [-0.3, -0.25) is 0 Å². The Hall–Kier alpha value is -2.15. The summed E-state index contributed by atoms with van der Waals surface area (Å²) < 4.78 is 17.5. The lowest BCUT2D eigenvalue weighted by Gasteiger charge is -2.22. The number of oxime groups is 3. The van der Waals surface area contributed by atoms with Crippen LogP contribution < -0.4 is 5.19 Å². The van der Waals surface area contributed by atoms with E-state index in [1.54, 1.807) is 0 Å². The topological polar surface area (TPSA) is 64.8 Å². The van der Waals surface area contributed by atoms with Crippen molar-refractivity contribution in [3.05, 3.63) is 30.3 Å². The number of nitrogens with zero attached hydrogens (tertiary/aromatic N) is 3. The Morgan fingerprint density at radius 2 is 1.08 bits per heavy atom. The van der Waals surface area contributed by atoms with Gasteiger partial charge in [-0.05, 0) is 40.0 Å². The molecule has 25 heavy (non-hydrogen) atoms. The molecule has 6 nitrogen and oxygen atoms in total. The Morgan fingerprint density at radius 3 is 1.40 bits per heavy atom. The minimum Gasteiger partial charge on any atom is -0.370 e. The standard InChI is InChI=1S/C18H29N3O3Si/c1-7-15(4)19-22-25(23-20-16(5)8-2,24-21-17(6)9-3)18-13-11-10-12-14-18/h10-14H,7-9H2,1-6H3/b19-15+,20-16+,21-17+. The number of benzene rings is 1. The molecule has 0 aliphatic carbocycles. The fourth-order valence-corrected chi connectivity index (χ4v) is 3.30.